The van der Waals surface area contributed by atoms with Gasteiger partial charge in [-0.05, 0) is 53.3 Å². The molecule has 0 radical (unpaired) electrons. The van der Waals surface area contributed by atoms with Gasteiger partial charge in [-0.25, -0.2) is 0 Å². The van der Waals surface area contributed by atoms with Gasteiger partial charge in [0.1, 0.15) is 11.3 Å². The molecule has 1 aliphatic rings. The highest BCUT2D eigenvalue weighted by atomic mass is 15.0. The number of hydrogen-bond acceptors (Lipinski definition) is 3. The fourth-order valence-corrected chi connectivity index (χ4v) is 4.69. The van der Waals surface area contributed by atoms with E-state index in [0.717, 1.165) is 33.5 Å². The van der Waals surface area contributed by atoms with E-state index < -0.39 is 0 Å². The highest BCUT2D eigenvalue weighted by Gasteiger charge is 2.15. The summed E-state index contributed by atoms with van der Waals surface area (Å²) in [6, 6.07) is 22.2. The van der Waals surface area contributed by atoms with Crippen molar-refractivity contribution in [2.45, 2.75) is 32.1 Å². The van der Waals surface area contributed by atoms with Crippen LogP contribution in [0, 0.1) is 16.7 Å². The third kappa shape index (κ3) is 3.93. The molecule has 0 bridgehead atoms. The molecule has 1 fully saturated rings. The Bertz CT molecular complexity index is 1290. The molecule has 4 nitrogen and oxygen atoms in total. The van der Waals surface area contributed by atoms with Gasteiger partial charge in [0.25, 0.3) is 0 Å². The van der Waals surface area contributed by atoms with E-state index >= 15 is 0 Å². The molecule has 4 aromatic rings. The molecule has 31 heavy (non-hydrogen) atoms. The van der Waals surface area contributed by atoms with Crippen LogP contribution in [0.4, 0.5) is 0 Å². The molecular weight excluding hydrogens is 380 g/mol. The maximum Gasteiger partial charge on any atom is 0.138 e. The molecule has 0 saturated heterocycles. The molecule has 1 saturated carbocycles. The zero-order valence-electron chi connectivity index (χ0n) is 17.5. The number of aromatic nitrogens is 2. The first-order valence-corrected chi connectivity index (χ1v) is 11.0. The topological polar surface area (TPSA) is 65.5 Å². The summed E-state index contributed by atoms with van der Waals surface area (Å²) in [5, 5.41) is 18.2. The number of benzene rings is 2. The average Bonchev–Trinajstić information content (AvgIpc) is 3.32. The molecule has 0 aliphatic heterocycles. The van der Waals surface area contributed by atoms with Crippen LogP contribution in [0.25, 0.3) is 22.0 Å². The van der Waals surface area contributed by atoms with Crippen molar-refractivity contribution in [1.82, 2.24) is 9.55 Å². The van der Waals surface area contributed by atoms with Crippen LogP contribution >= 0.6 is 0 Å². The fraction of sp³-hybridized carbons (Fsp3) is 0.222. The van der Waals surface area contributed by atoms with E-state index in [0.29, 0.717) is 5.49 Å². The Morgan fingerprint density at radius 3 is 2.48 bits per heavy atom. The lowest BCUT2D eigenvalue weighted by Crippen LogP contribution is -2.26. The van der Waals surface area contributed by atoms with Gasteiger partial charge in [0.05, 0.1) is 5.52 Å². The largest absolute Gasteiger partial charge is 0.286 e. The Morgan fingerprint density at radius 1 is 0.935 bits per heavy atom. The Labute approximate surface area is 182 Å². The van der Waals surface area contributed by atoms with Crippen LogP contribution in [0.2, 0.25) is 0 Å². The zero-order valence-corrected chi connectivity index (χ0v) is 17.5. The zero-order chi connectivity index (χ0) is 21.2. The van der Waals surface area contributed by atoms with E-state index in [1.807, 2.05) is 48.7 Å². The number of pyridine rings is 2. The molecule has 0 amide bonds. The Hall–Kier alpha value is -3.53. The van der Waals surface area contributed by atoms with Crippen LogP contribution in [0.15, 0.2) is 79.1 Å². The van der Waals surface area contributed by atoms with Crippen LogP contribution < -0.4 is 5.49 Å². The lowest BCUT2D eigenvalue weighted by Gasteiger charge is -2.13. The number of para-hydroxylation sites is 1. The lowest BCUT2D eigenvalue weighted by atomic mass is 9.96. The maximum absolute atomic E-state index is 8.72. The van der Waals surface area contributed by atoms with Crippen molar-refractivity contribution in [3.05, 3.63) is 95.7 Å². The van der Waals surface area contributed by atoms with Crippen molar-refractivity contribution >= 4 is 16.7 Å². The Kier molecular flexibility index (Phi) is 5.21. The van der Waals surface area contributed by atoms with Crippen molar-refractivity contribution < 1.29 is 0 Å². The molecule has 4 heteroatoms. The van der Waals surface area contributed by atoms with Gasteiger partial charge in [0.2, 0.25) is 0 Å². The number of rotatable bonds is 4. The van der Waals surface area contributed by atoms with Crippen molar-refractivity contribution in [3.8, 4) is 11.1 Å². The highest BCUT2D eigenvalue weighted by molar-refractivity contribution is 6.08. The molecule has 2 aromatic heterocycles. The monoisotopic (exact) mass is 406 g/mol. The second-order valence-electron chi connectivity index (χ2n) is 8.45. The van der Waals surface area contributed by atoms with Gasteiger partial charge in [-0.1, -0.05) is 68.1 Å². The molecular formula is C27H26N4. The smallest absolute Gasteiger partial charge is 0.138 e. The molecule has 5 rings (SSSR count). The third-order valence-electron chi connectivity index (χ3n) is 6.39. The molecule has 154 valence electrons. The minimum Gasteiger partial charge on any atom is -0.286 e. The first-order chi connectivity index (χ1) is 15.2. The molecule has 2 N–H and O–H groups in total. The van der Waals surface area contributed by atoms with E-state index in [-0.39, 0.29) is 5.84 Å². The van der Waals surface area contributed by atoms with Crippen LogP contribution in [0.1, 0.15) is 36.8 Å². The first-order valence-electron chi connectivity index (χ1n) is 11.0. The van der Waals surface area contributed by atoms with E-state index in [4.69, 9.17) is 10.8 Å². The Balaban J connectivity index is 1.41. The lowest BCUT2D eigenvalue weighted by molar-refractivity contribution is 0.546. The SMILES string of the molecule is N=C(c1ccnc2ccccc12)n1ccc(-c2ccc(CC3CCCC3)cc2)cc1=N. The summed E-state index contributed by atoms with van der Waals surface area (Å²) in [7, 11) is 0. The van der Waals surface area contributed by atoms with E-state index in [1.54, 1.807) is 10.8 Å². The maximum atomic E-state index is 8.72. The normalized spacial score (nSPS) is 14.2. The van der Waals surface area contributed by atoms with Crippen LogP contribution in [-0.4, -0.2) is 15.4 Å². The summed E-state index contributed by atoms with van der Waals surface area (Å²) in [5.74, 6) is 1.12. The van der Waals surface area contributed by atoms with Crippen molar-refractivity contribution in [2.75, 3.05) is 0 Å². The minimum atomic E-state index is 0.280. The average molecular weight is 407 g/mol. The van der Waals surface area contributed by atoms with Crippen LogP contribution in [-0.2, 0) is 6.42 Å². The number of fused-ring (bicyclic) bond motifs is 1. The van der Waals surface area contributed by atoms with Gasteiger partial charge in [0, 0.05) is 23.3 Å². The van der Waals surface area contributed by atoms with Gasteiger partial charge >= 0.3 is 0 Å². The van der Waals surface area contributed by atoms with Crippen LogP contribution in [0.3, 0.4) is 0 Å². The first kappa shape index (κ1) is 19.4. The standard InChI is InChI=1S/C27H26N4/c28-26-18-22(21-11-9-20(10-12-21)17-19-5-1-2-6-19)14-16-31(26)27(29)24-13-15-30-25-8-4-3-7-23(24)25/h3-4,7-16,18-19,28-29H,1-2,5-6,17H2. The summed E-state index contributed by atoms with van der Waals surface area (Å²) in [6.07, 6.45) is 10.2. The summed E-state index contributed by atoms with van der Waals surface area (Å²) < 4.78 is 1.61. The number of nitrogens with one attached hydrogen (secondary N) is 2. The van der Waals surface area contributed by atoms with Crippen molar-refractivity contribution in [1.29, 1.82) is 10.8 Å². The second kappa shape index (κ2) is 8.31. The van der Waals surface area contributed by atoms with E-state index in [9.17, 15) is 0 Å². The van der Waals surface area contributed by atoms with Gasteiger partial charge in [-0.3, -0.25) is 20.4 Å². The van der Waals surface area contributed by atoms with Gasteiger partial charge in [-0.2, -0.15) is 0 Å². The molecule has 1 aliphatic carbocycles. The predicted molar refractivity (Wildman–Crippen MR) is 125 cm³/mol. The molecule has 2 aromatic carbocycles. The third-order valence-corrected chi connectivity index (χ3v) is 6.39. The van der Waals surface area contributed by atoms with Crippen molar-refractivity contribution in [2.24, 2.45) is 5.92 Å². The molecule has 2 heterocycles. The summed E-state index contributed by atoms with van der Waals surface area (Å²) in [5.41, 5.74) is 5.43. The number of hydrogen-bond donors (Lipinski definition) is 2. The van der Waals surface area contributed by atoms with Gasteiger partial charge in [0.15, 0.2) is 0 Å². The van der Waals surface area contributed by atoms with E-state index in [2.05, 4.69) is 29.2 Å². The highest BCUT2D eigenvalue weighted by Crippen LogP contribution is 2.28. The van der Waals surface area contributed by atoms with Crippen LogP contribution in [0.5, 0.6) is 0 Å². The fourth-order valence-electron chi connectivity index (χ4n) is 4.69. The summed E-state index contributed by atoms with van der Waals surface area (Å²) in [4.78, 5) is 4.38. The molecule has 0 spiro atoms. The summed E-state index contributed by atoms with van der Waals surface area (Å²) in [6.45, 7) is 0. The molecule has 0 unspecified atom stereocenters. The van der Waals surface area contributed by atoms with E-state index in [1.165, 1.54) is 37.7 Å². The molecule has 0 atom stereocenters. The van der Waals surface area contributed by atoms with Gasteiger partial charge < -0.3 is 0 Å². The van der Waals surface area contributed by atoms with Gasteiger partial charge in [-0.15, -0.1) is 0 Å². The quantitative estimate of drug-likeness (QED) is 0.327. The predicted octanol–water partition coefficient (Wildman–Crippen LogP) is 5.79. The number of nitrogens with zero attached hydrogens (tertiary/aromatic N) is 2. The van der Waals surface area contributed by atoms with Crippen molar-refractivity contribution in [3.63, 3.8) is 0 Å². The summed E-state index contributed by atoms with van der Waals surface area (Å²) >= 11 is 0. The second-order valence-corrected chi connectivity index (χ2v) is 8.45. The Morgan fingerprint density at radius 2 is 1.71 bits per heavy atom. The minimum absolute atomic E-state index is 0.280.